The Labute approximate surface area is 77.5 Å². The van der Waals surface area contributed by atoms with Gasteiger partial charge >= 0.3 is 0 Å². The van der Waals surface area contributed by atoms with Crippen molar-refractivity contribution in [2.45, 2.75) is 48.0 Å². The molecule has 0 spiro atoms. The first-order valence-electron chi connectivity index (χ1n) is 4.55. The fourth-order valence-corrected chi connectivity index (χ4v) is 0.829. The molecule has 0 aromatic rings. The van der Waals surface area contributed by atoms with Gasteiger partial charge in [0.05, 0.1) is 0 Å². The number of hydrogen-bond donors (Lipinski definition) is 0. The van der Waals surface area contributed by atoms with Crippen LogP contribution < -0.4 is 0 Å². The van der Waals surface area contributed by atoms with Gasteiger partial charge in [-0.3, -0.25) is 0 Å². The molecule has 70 valence electrons. The van der Waals surface area contributed by atoms with Crippen molar-refractivity contribution in [2.24, 2.45) is 0 Å². The van der Waals surface area contributed by atoms with Crippen LogP contribution in [0.15, 0.2) is 11.5 Å². The van der Waals surface area contributed by atoms with E-state index in [4.69, 9.17) is 0 Å². The second-order valence-corrected chi connectivity index (χ2v) is 2.94. The van der Waals surface area contributed by atoms with Crippen molar-refractivity contribution >= 4 is 11.8 Å². The monoisotopic (exact) mass is 176 g/mol. The van der Waals surface area contributed by atoms with E-state index in [2.05, 4.69) is 13.5 Å². The van der Waals surface area contributed by atoms with Crippen molar-refractivity contribution in [2.75, 3.05) is 5.75 Å². The molecule has 0 aliphatic carbocycles. The Morgan fingerprint density at radius 1 is 1.18 bits per heavy atom. The van der Waals surface area contributed by atoms with Crippen molar-refractivity contribution < 1.29 is 0 Å². The molecule has 0 atom stereocenters. The molecular weight excluding hydrogens is 152 g/mol. The summed E-state index contributed by atoms with van der Waals surface area (Å²) in [5.74, 6) is 1.22. The molecule has 1 heteroatoms. The van der Waals surface area contributed by atoms with Crippen LogP contribution in [0.3, 0.4) is 0 Å². The summed E-state index contributed by atoms with van der Waals surface area (Å²) in [7, 11) is 0. The number of hydrogen-bond acceptors (Lipinski definition) is 1. The van der Waals surface area contributed by atoms with Gasteiger partial charge in [0, 0.05) is 0 Å². The quantitative estimate of drug-likeness (QED) is 0.600. The van der Waals surface area contributed by atoms with E-state index in [0.717, 1.165) is 0 Å². The molecule has 0 aromatic heterocycles. The third kappa shape index (κ3) is 39.5. The summed E-state index contributed by atoms with van der Waals surface area (Å²) >= 11 is 1.84. The minimum absolute atomic E-state index is 1.22. The molecule has 0 N–H and O–H groups in total. The van der Waals surface area contributed by atoms with Gasteiger partial charge in [0.2, 0.25) is 0 Å². The van der Waals surface area contributed by atoms with Crippen LogP contribution in [0.5, 0.6) is 0 Å². The molecule has 0 aliphatic heterocycles. The molecule has 11 heavy (non-hydrogen) atoms. The second-order valence-electron chi connectivity index (χ2n) is 1.55. The normalized spacial score (nSPS) is 6.73. The van der Waals surface area contributed by atoms with Gasteiger partial charge in [0.15, 0.2) is 0 Å². The van der Waals surface area contributed by atoms with Crippen LogP contribution in [0.2, 0.25) is 0 Å². The van der Waals surface area contributed by atoms with Gasteiger partial charge in [0.25, 0.3) is 0 Å². The molecule has 0 saturated carbocycles. The SMILES string of the molecule is C=C(C)SCCC.CC.CC. The Kier molecular flexibility index (Phi) is 35.3. The van der Waals surface area contributed by atoms with E-state index in [1.807, 2.05) is 46.4 Å². The zero-order valence-corrected chi connectivity index (χ0v) is 9.85. The molecule has 0 bridgehead atoms. The van der Waals surface area contributed by atoms with E-state index in [0.29, 0.717) is 0 Å². The number of allylic oxidation sites excluding steroid dienone is 1. The topological polar surface area (TPSA) is 0 Å². The average Bonchev–Trinajstić information content (AvgIpc) is 2.08. The molecule has 0 radical (unpaired) electrons. The summed E-state index contributed by atoms with van der Waals surface area (Å²) in [5.41, 5.74) is 0. The number of rotatable bonds is 3. The van der Waals surface area contributed by atoms with Crippen molar-refractivity contribution in [3.8, 4) is 0 Å². The van der Waals surface area contributed by atoms with E-state index < -0.39 is 0 Å². The van der Waals surface area contributed by atoms with Crippen LogP contribution >= 0.6 is 11.8 Å². The molecule has 0 heterocycles. The van der Waals surface area contributed by atoms with Gasteiger partial charge in [-0.2, -0.15) is 0 Å². The molecule has 0 fully saturated rings. The predicted octanol–water partition coefficient (Wildman–Crippen LogP) is 4.72. The first-order chi connectivity index (χ1) is 5.27. The summed E-state index contributed by atoms with van der Waals surface area (Å²) in [4.78, 5) is 1.22. The summed E-state index contributed by atoms with van der Waals surface area (Å²) in [5, 5.41) is 0. The van der Waals surface area contributed by atoms with E-state index in [-0.39, 0.29) is 0 Å². The minimum Gasteiger partial charge on any atom is -0.132 e. The Hall–Kier alpha value is 0.0900. The smallest absolute Gasteiger partial charge is 0.00262 e. The summed E-state index contributed by atoms with van der Waals surface area (Å²) in [6.07, 6.45) is 1.25. The highest BCUT2D eigenvalue weighted by Gasteiger charge is 1.81. The molecule has 0 saturated heterocycles. The second kappa shape index (κ2) is 22.5. The van der Waals surface area contributed by atoms with Crippen LogP contribution in [-0.4, -0.2) is 5.75 Å². The maximum Gasteiger partial charge on any atom is -0.00262 e. The highest BCUT2D eigenvalue weighted by molar-refractivity contribution is 8.03. The van der Waals surface area contributed by atoms with Gasteiger partial charge in [0.1, 0.15) is 0 Å². The first-order valence-corrected chi connectivity index (χ1v) is 5.54. The van der Waals surface area contributed by atoms with Crippen LogP contribution in [0.25, 0.3) is 0 Å². The van der Waals surface area contributed by atoms with E-state index in [1.165, 1.54) is 17.1 Å². The highest BCUT2D eigenvalue weighted by Crippen LogP contribution is 2.11. The third-order valence-corrected chi connectivity index (χ3v) is 1.66. The van der Waals surface area contributed by atoms with Gasteiger partial charge in [-0.1, -0.05) is 41.2 Å². The Balaban J connectivity index is -0.000000138. The summed E-state index contributed by atoms with van der Waals surface area (Å²) < 4.78 is 0. The molecule has 0 amide bonds. The Morgan fingerprint density at radius 2 is 1.55 bits per heavy atom. The summed E-state index contributed by atoms with van der Waals surface area (Å²) in [6.45, 7) is 16.0. The van der Waals surface area contributed by atoms with Crippen LogP contribution in [0.4, 0.5) is 0 Å². The molecule has 0 aromatic carbocycles. The molecule has 0 unspecified atom stereocenters. The predicted molar refractivity (Wildman–Crippen MR) is 60.3 cm³/mol. The van der Waals surface area contributed by atoms with Crippen molar-refractivity contribution in [3.63, 3.8) is 0 Å². The fourth-order valence-electron chi connectivity index (χ4n) is 0.276. The molecule has 0 aliphatic rings. The average molecular weight is 176 g/mol. The minimum atomic E-state index is 1.22. The van der Waals surface area contributed by atoms with Crippen molar-refractivity contribution in [3.05, 3.63) is 11.5 Å². The molecular formula is C10H24S. The van der Waals surface area contributed by atoms with Gasteiger partial charge in [-0.15, -0.1) is 11.8 Å². The van der Waals surface area contributed by atoms with E-state index in [9.17, 15) is 0 Å². The zero-order chi connectivity index (χ0) is 9.70. The van der Waals surface area contributed by atoms with Gasteiger partial charge in [-0.05, 0) is 24.0 Å². The van der Waals surface area contributed by atoms with Crippen LogP contribution in [-0.2, 0) is 0 Å². The number of thioether (sulfide) groups is 1. The third-order valence-electron chi connectivity index (χ3n) is 0.553. The lowest BCUT2D eigenvalue weighted by Crippen LogP contribution is -1.70. The zero-order valence-electron chi connectivity index (χ0n) is 9.03. The lowest BCUT2D eigenvalue weighted by Gasteiger charge is -1.91. The Bertz CT molecular complexity index is 57.9. The maximum atomic E-state index is 3.76. The summed E-state index contributed by atoms with van der Waals surface area (Å²) in [6, 6.07) is 0. The Morgan fingerprint density at radius 3 is 1.64 bits per heavy atom. The van der Waals surface area contributed by atoms with Crippen LogP contribution in [0, 0.1) is 0 Å². The van der Waals surface area contributed by atoms with E-state index in [1.54, 1.807) is 0 Å². The highest BCUT2D eigenvalue weighted by atomic mass is 32.2. The first kappa shape index (κ1) is 17.3. The largest absolute Gasteiger partial charge is 0.132 e. The van der Waals surface area contributed by atoms with Crippen molar-refractivity contribution in [1.82, 2.24) is 0 Å². The maximum absolute atomic E-state index is 3.76. The van der Waals surface area contributed by atoms with Crippen LogP contribution in [0.1, 0.15) is 48.0 Å². The lowest BCUT2D eigenvalue weighted by molar-refractivity contribution is 1.11. The molecule has 0 rings (SSSR count). The molecule has 0 nitrogen and oxygen atoms in total. The lowest BCUT2D eigenvalue weighted by atomic mass is 10.6. The van der Waals surface area contributed by atoms with Gasteiger partial charge < -0.3 is 0 Å². The standard InChI is InChI=1S/C6H12S.2C2H6/c1-4-5-7-6(2)3;2*1-2/h2,4-5H2,1,3H3;2*1-2H3. The van der Waals surface area contributed by atoms with Crippen molar-refractivity contribution in [1.29, 1.82) is 0 Å². The van der Waals surface area contributed by atoms with Gasteiger partial charge in [-0.25, -0.2) is 0 Å². The van der Waals surface area contributed by atoms with E-state index >= 15 is 0 Å². The fraction of sp³-hybridized carbons (Fsp3) is 0.800.